The van der Waals surface area contributed by atoms with Gasteiger partial charge in [0.05, 0.1) is 16.3 Å². The Kier molecular flexibility index (Phi) is 3.50. The SMILES string of the molecule is Cc1cc(Br)c(OCC(C)(C)O)cn1. The fraction of sp³-hybridized carbons (Fsp3) is 0.500. The number of nitrogens with zero attached hydrogens (tertiary/aromatic N) is 1. The molecule has 4 heteroatoms. The predicted octanol–water partition coefficient (Wildman–Crippen LogP) is 2.30. The number of ether oxygens (including phenoxy) is 1. The fourth-order valence-electron chi connectivity index (χ4n) is 0.874. The number of rotatable bonds is 3. The van der Waals surface area contributed by atoms with Crippen molar-refractivity contribution in [2.45, 2.75) is 26.4 Å². The minimum Gasteiger partial charge on any atom is -0.488 e. The molecule has 0 aliphatic heterocycles. The van der Waals surface area contributed by atoms with Crippen LogP contribution >= 0.6 is 15.9 Å². The molecule has 1 aromatic rings. The molecule has 1 heterocycles. The Morgan fingerprint density at radius 1 is 1.57 bits per heavy atom. The summed E-state index contributed by atoms with van der Waals surface area (Å²) in [4.78, 5) is 4.10. The minimum absolute atomic E-state index is 0.246. The highest BCUT2D eigenvalue weighted by Gasteiger charge is 2.14. The van der Waals surface area contributed by atoms with E-state index < -0.39 is 5.60 Å². The van der Waals surface area contributed by atoms with Crippen LogP contribution in [0, 0.1) is 6.92 Å². The smallest absolute Gasteiger partial charge is 0.151 e. The first kappa shape index (κ1) is 11.5. The van der Waals surface area contributed by atoms with E-state index in [2.05, 4.69) is 20.9 Å². The summed E-state index contributed by atoms with van der Waals surface area (Å²) in [5.74, 6) is 0.651. The third-order valence-electron chi connectivity index (χ3n) is 1.54. The number of halogens is 1. The number of aryl methyl sites for hydroxylation is 1. The summed E-state index contributed by atoms with van der Waals surface area (Å²) >= 11 is 3.37. The van der Waals surface area contributed by atoms with Gasteiger partial charge >= 0.3 is 0 Å². The minimum atomic E-state index is -0.829. The number of hydrogen-bond donors (Lipinski definition) is 1. The Morgan fingerprint density at radius 3 is 2.71 bits per heavy atom. The summed E-state index contributed by atoms with van der Waals surface area (Å²) in [7, 11) is 0. The molecule has 0 saturated carbocycles. The molecule has 0 spiro atoms. The third kappa shape index (κ3) is 3.64. The fourth-order valence-corrected chi connectivity index (χ4v) is 1.42. The molecule has 0 fully saturated rings. The van der Waals surface area contributed by atoms with Gasteiger partial charge in [0.2, 0.25) is 0 Å². The van der Waals surface area contributed by atoms with Crippen molar-refractivity contribution in [2.24, 2.45) is 0 Å². The summed E-state index contributed by atoms with van der Waals surface area (Å²) in [6.45, 7) is 5.55. The monoisotopic (exact) mass is 259 g/mol. The van der Waals surface area contributed by atoms with Gasteiger partial charge < -0.3 is 9.84 Å². The Bertz CT molecular complexity index is 320. The second-order valence-corrected chi connectivity index (χ2v) is 4.71. The number of aromatic nitrogens is 1. The van der Waals surface area contributed by atoms with Crippen LogP contribution in [0.1, 0.15) is 19.5 Å². The van der Waals surface area contributed by atoms with Crippen molar-refractivity contribution in [2.75, 3.05) is 6.61 Å². The van der Waals surface area contributed by atoms with E-state index in [-0.39, 0.29) is 6.61 Å². The summed E-state index contributed by atoms with van der Waals surface area (Å²) in [5.41, 5.74) is 0.0946. The van der Waals surface area contributed by atoms with Gasteiger partial charge in [0.25, 0.3) is 0 Å². The molecule has 1 rings (SSSR count). The van der Waals surface area contributed by atoms with Crippen LogP contribution in [-0.2, 0) is 0 Å². The molecule has 0 aliphatic rings. The quantitative estimate of drug-likeness (QED) is 0.906. The molecule has 1 N–H and O–H groups in total. The van der Waals surface area contributed by atoms with Crippen LogP contribution < -0.4 is 4.74 Å². The van der Waals surface area contributed by atoms with Crippen LogP contribution in [0.5, 0.6) is 5.75 Å². The Labute approximate surface area is 92.3 Å². The van der Waals surface area contributed by atoms with Crippen molar-refractivity contribution in [1.29, 1.82) is 0 Å². The van der Waals surface area contributed by atoms with Crippen LogP contribution in [-0.4, -0.2) is 22.3 Å². The molecule has 0 aliphatic carbocycles. The average molecular weight is 260 g/mol. The lowest BCUT2D eigenvalue weighted by Crippen LogP contribution is -2.28. The van der Waals surface area contributed by atoms with E-state index in [1.165, 1.54) is 0 Å². The van der Waals surface area contributed by atoms with Gasteiger partial charge in [-0.2, -0.15) is 0 Å². The van der Waals surface area contributed by atoms with Crippen LogP contribution in [0.2, 0.25) is 0 Å². The average Bonchev–Trinajstić information content (AvgIpc) is 2.00. The molecule has 3 nitrogen and oxygen atoms in total. The number of hydrogen-bond acceptors (Lipinski definition) is 3. The molecular weight excluding hydrogens is 246 g/mol. The molecule has 0 radical (unpaired) electrons. The van der Waals surface area contributed by atoms with Crippen molar-refractivity contribution in [3.05, 3.63) is 22.4 Å². The molecule has 0 amide bonds. The van der Waals surface area contributed by atoms with Crippen LogP contribution in [0.4, 0.5) is 0 Å². The van der Waals surface area contributed by atoms with Gasteiger partial charge in [-0.3, -0.25) is 4.98 Å². The van der Waals surface area contributed by atoms with E-state index in [0.717, 1.165) is 10.2 Å². The highest BCUT2D eigenvalue weighted by atomic mass is 79.9. The normalized spacial score (nSPS) is 11.5. The van der Waals surface area contributed by atoms with E-state index in [1.54, 1.807) is 20.0 Å². The largest absolute Gasteiger partial charge is 0.488 e. The van der Waals surface area contributed by atoms with E-state index >= 15 is 0 Å². The van der Waals surface area contributed by atoms with Crippen molar-refractivity contribution in [3.8, 4) is 5.75 Å². The van der Waals surface area contributed by atoms with Gasteiger partial charge in [-0.1, -0.05) is 0 Å². The second kappa shape index (κ2) is 4.28. The number of aliphatic hydroxyl groups is 1. The molecule has 78 valence electrons. The van der Waals surface area contributed by atoms with Gasteiger partial charge in [0, 0.05) is 5.69 Å². The maximum atomic E-state index is 9.46. The molecule has 14 heavy (non-hydrogen) atoms. The van der Waals surface area contributed by atoms with E-state index in [4.69, 9.17) is 4.74 Å². The first-order valence-corrected chi connectivity index (χ1v) is 5.15. The molecular formula is C10H14BrNO2. The summed E-state index contributed by atoms with van der Waals surface area (Å²) in [5, 5.41) is 9.46. The number of pyridine rings is 1. The maximum Gasteiger partial charge on any atom is 0.151 e. The second-order valence-electron chi connectivity index (χ2n) is 3.86. The molecule has 1 aromatic heterocycles. The summed E-state index contributed by atoms with van der Waals surface area (Å²) in [6.07, 6.45) is 1.64. The highest BCUT2D eigenvalue weighted by Crippen LogP contribution is 2.24. The van der Waals surface area contributed by atoms with Crippen molar-refractivity contribution in [3.63, 3.8) is 0 Å². The van der Waals surface area contributed by atoms with Crippen LogP contribution in [0.25, 0.3) is 0 Å². The Balaban J connectivity index is 2.68. The Hall–Kier alpha value is -0.610. The zero-order valence-electron chi connectivity index (χ0n) is 8.54. The Morgan fingerprint density at radius 2 is 2.21 bits per heavy atom. The van der Waals surface area contributed by atoms with Crippen molar-refractivity contribution < 1.29 is 9.84 Å². The summed E-state index contributed by atoms with van der Waals surface area (Å²) < 4.78 is 6.25. The predicted molar refractivity (Wildman–Crippen MR) is 58.5 cm³/mol. The lowest BCUT2D eigenvalue weighted by molar-refractivity contribution is 0.0281. The van der Waals surface area contributed by atoms with Crippen LogP contribution in [0.3, 0.4) is 0 Å². The first-order valence-electron chi connectivity index (χ1n) is 4.36. The lowest BCUT2D eigenvalue weighted by atomic mass is 10.2. The lowest BCUT2D eigenvalue weighted by Gasteiger charge is -2.18. The third-order valence-corrected chi connectivity index (χ3v) is 2.16. The van der Waals surface area contributed by atoms with Gasteiger partial charge in [0.15, 0.2) is 5.75 Å². The van der Waals surface area contributed by atoms with Gasteiger partial charge in [-0.25, -0.2) is 0 Å². The first-order chi connectivity index (χ1) is 6.38. The molecule has 0 unspecified atom stereocenters. The molecule has 0 bridgehead atoms. The van der Waals surface area contributed by atoms with Gasteiger partial charge in [-0.15, -0.1) is 0 Å². The summed E-state index contributed by atoms with van der Waals surface area (Å²) in [6, 6.07) is 1.87. The topological polar surface area (TPSA) is 42.4 Å². The van der Waals surface area contributed by atoms with Crippen LogP contribution in [0.15, 0.2) is 16.7 Å². The van der Waals surface area contributed by atoms with Gasteiger partial charge in [-0.05, 0) is 42.8 Å². The standard InChI is InChI=1S/C10H14BrNO2/c1-7-4-8(11)9(5-12-7)14-6-10(2,3)13/h4-5,13H,6H2,1-3H3. The van der Waals surface area contributed by atoms with Crippen molar-refractivity contribution >= 4 is 15.9 Å². The zero-order chi connectivity index (χ0) is 10.8. The highest BCUT2D eigenvalue weighted by molar-refractivity contribution is 9.10. The molecule has 0 atom stereocenters. The zero-order valence-corrected chi connectivity index (χ0v) is 10.1. The van der Waals surface area contributed by atoms with E-state index in [0.29, 0.717) is 5.75 Å². The maximum absolute atomic E-state index is 9.46. The molecule has 0 saturated heterocycles. The molecule has 0 aromatic carbocycles. The van der Waals surface area contributed by atoms with E-state index in [1.807, 2.05) is 13.0 Å². The van der Waals surface area contributed by atoms with Gasteiger partial charge in [0.1, 0.15) is 6.61 Å². The van der Waals surface area contributed by atoms with Crippen molar-refractivity contribution in [1.82, 2.24) is 4.98 Å². The van der Waals surface area contributed by atoms with E-state index in [9.17, 15) is 5.11 Å².